The number of carbonyl (C=O) groups excluding carboxylic acids is 3. The summed E-state index contributed by atoms with van der Waals surface area (Å²) in [6, 6.07) is 16.9. The molecule has 2 heterocycles. The number of aryl methyl sites for hydroxylation is 1. The number of carbonyl (C=O) groups is 3. The molecule has 2 aliphatic rings. The van der Waals surface area contributed by atoms with Crippen LogP contribution in [0.4, 0.5) is 4.79 Å². The Morgan fingerprint density at radius 2 is 1.84 bits per heavy atom. The Bertz CT molecular complexity index is 2000. The number of hydrogen-bond acceptors (Lipinski definition) is 8. The van der Waals surface area contributed by atoms with E-state index in [1.807, 2.05) is 80.6 Å². The minimum absolute atomic E-state index is 0.0695. The third-order valence-electron chi connectivity index (χ3n) is 9.37. The first kappa shape index (κ1) is 37.6. The molecule has 2 atom stereocenters. The summed E-state index contributed by atoms with van der Waals surface area (Å²) in [5, 5.41) is 3.33. The van der Waals surface area contributed by atoms with Crippen LogP contribution in [0.3, 0.4) is 0 Å². The number of imide groups is 1. The number of methoxy groups -OCH3 is 1. The average molecular weight is 718 g/mol. The van der Waals surface area contributed by atoms with Crippen LogP contribution in [0.15, 0.2) is 70.3 Å². The third kappa shape index (κ3) is 8.62. The number of ether oxygens (including phenoxy) is 2. The van der Waals surface area contributed by atoms with E-state index in [2.05, 4.69) is 5.32 Å². The van der Waals surface area contributed by atoms with Crippen molar-refractivity contribution < 1.29 is 36.7 Å². The highest BCUT2D eigenvalue weighted by Crippen LogP contribution is 2.28. The van der Waals surface area contributed by atoms with Gasteiger partial charge in [0.25, 0.3) is 5.91 Å². The van der Waals surface area contributed by atoms with E-state index in [4.69, 9.17) is 13.9 Å². The number of hydrogen-bond donors (Lipinski definition) is 1. The molecule has 0 radical (unpaired) electrons. The zero-order valence-corrected chi connectivity index (χ0v) is 30.8. The Labute approximate surface area is 299 Å². The van der Waals surface area contributed by atoms with E-state index in [0.29, 0.717) is 59.8 Å². The summed E-state index contributed by atoms with van der Waals surface area (Å²) in [7, 11) is -0.685. The van der Waals surface area contributed by atoms with Gasteiger partial charge in [-0.3, -0.25) is 13.9 Å². The van der Waals surface area contributed by atoms with Gasteiger partial charge in [-0.05, 0) is 68.7 Å². The highest BCUT2D eigenvalue weighted by molar-refractivity contribution is 7.88. The van der Waals surface area contributed by atoms with Crippen LogP contribution in [0.25, 0.3) is 23.5 Å². The zero-order chi connectivity index (χ0) is 36.7. The summed E-state index contributed by atoms with van der Waals surface area (Å²) < 4.78 is 45.2. The van der Waals surface area contributed by atoms with Crippen LogP contribution < -0.4 is 16.0 Å². The number of nitrogens with one attached hydrogen (secondary N) is 1. The van der Waals surface area contributed by atoms with Gasteiger partial charge in [0.2, 0.25) is 15.9 Å². The van der Waals surface area contributed by atoms with Crippen molar-refractivity contribution in [2.45, 2.75) is 58.4 Å². The van der Waals surface area contributed by atoms with Crippen molar-refractivity contribution in [1.82, 2.24) is 14.5 Å². The molecule has 0 bridgehead atoms. The van der Waals surface area contributed by atoms with Crippen molar-refractivity contribution in [3.63, 3.8) is 0 Å². The number of furan rings is 1. The van der Waals surface area contributed by atoms with Gasteiger partial charge >= 0.3 is 6.09 Å². The fourth-order valence-corrected chi connectivity index (χ4v) is 7.86. The average Bonchev–Trinajstić information content (AvgIpc) is 3.64. The monoisotopic (exact) mass is 717 g/mol. The smallest absolute Gasteiger partial charge is 0.416 e. The summed E-state index contributed by atoms with van der Waals surface area (Å²) in [4.78, 5) is 41.1. The number of allylic oxidation sites excluding steroid dienone is 2. The number of fused-ring (bicyclic) bond motifs is 1. The minimum Gasteiger partial charge on any atom is -0.456 e. The number of nitrogens with zero attached hydrogens (tertiary/aromatic N) is 2. The first-order valence-corrected chi connectivity index (χ1v) is 19.2. The van der Waals surface area contributed by atoms with Crippen LogP contribution >= 0.6 is 0 Å². The molecule has 11 nitrogen and oxygen atoms in total. The van der Waals surface area contributed by atoms with Crippen molar-refractivity contribution in [2.75, 3.05) is 40.2 Å². The molecule has 0 spiro atoms. The van der Waals surface area contributed by atoms with E-state index in [1.54, 1.807) is 7.05 Å². The highest BCUT2D eigenvalue weighted by Gasteiger charge is 2.40. The number of benzene rings is 2. The molecule has 1 fully saturated rings. The molecule has 5 rings (SSSR count). The Balaban J connectivity index is 1.43. The molecular formula is C39H47N3O8S. The number of rotatable bonds is 14. The molecule has 0 saturated carbocycles. The molecule has 3 amide bonds. The van der Waals surface area contributed by atoms with E-state index in [1.165, 1.54) is 22.6 Å². The minimum atomic E-state index is -3.75. The number of cyclic esters (lactones) is 1. The fourth-order valence-electron chi connectivity index (χ4n) is 6.79. The quantitative estimate of drug-likeness (QED) is 0.257. The largest absolute Gasteiger partial charge is 0.456 e. The van der Waals surface area contributed by atoms with E-state index in [9.17, 15) is 22.8 Å². The summed E-state index contributed by atoms with van der Waals surface area (Å²) >= 11 is 0. The lowest BCUT2D eigenvalue weighted by Crippen LogP contribution is -2.44. The van der Waals surface area contributed by atoms with Gasteiger partial charge in [0.15, 0.2) is 0 Å². The molecule has 2 unspecified atom stereocenters. The van der Waals surface area contributed by atoms with Crippen LogP contribution in [0.1, 0.15) is 60.5 Å². The molecule has 2 aromatic carbocycles. The number of sulfonamides is 1. The van der Waals surface area contributed by atoms with Gasteiger partial charge in [-0.1, -0.05) is 67.1 Å². The lowest BCUT2D eigenvalue weighted by atomic mass is 9.99. The van der Waals surface area contributed by atoms with Crippen molar-refractivity contribution in [1.29, 1.82) is 0 Å². The Morgan fingerprint density at radius 3 is 2.49 bits per heavy atom. The second kappa shape index (κ2) is 16.6. The van der Waals surface area contributed by atoms with Crippen molar-refractivity contribution >= 4 is 40.1 Å². The first-order valence-electron chi connectivity index (χ1n) is 17.3. The van der Waals surface area contributed by atoms with Crippen molar-refractivity contribution in [3.8, 4) is 11.3 Å². The molecule has 1 N–H and O–H groups in total. The normalized spacial score (nSPS) is 16.7. The summed E-state index contributed by atoms with van der Waals surface area (Å²) in [5.74, 6) is -0.930. The van der Waals surface area contributed by atoms with Gasteiger partial charge < -0.3 is 19.2 Å². The van der Waals surface area contributed by atoms with Crippen LogP contribution in [0, 0.1) is 12.8 Å². The van der Waals surface area contributed by atoms with Crippen LogP contribution in [-0.4, -0.2) is 81.7 Å². The van der Waals surface area contributed by atoms with Gasteiger partial charge in [0, 0.05) is 37.2 Å². The van der Waals surface area contributed by atoms with Crippen molar-refractivity contribution in [3.05, 3.63) is 93.2 Å². The zero-order valence-electron chi connectivity index (χ0n) is 29.9. The second-order valence-corrected chi connectivity index (χ2v) is 14.9. The van der Waals surface area contributed by atoms with E-state index >= 15 is 0 Å². The Hall–Kier alpha value is -4.68. The first-order chi connectivity index (χ1) is 24.5. The molecule has 12 heteroatoms. The summed E-state index contributed by atoms with van der Waals surface area (Å²) in [6.45, 7) is 4.23. The van der Waals surface area contributed by atoms with E-state index in [0.717, 1.165) is 22.3 Å². The molecule has 1 aliphatic heterocycles. The van der Waals surface area contributed by atoms with Gasteiger partial charge in [-0.2, -0.15) is 0 Å². The van der Waals surface area contributed by atoms with Crippen molar-refractivity contribution in [2.24, 2.45) is 5.92 Å². The van der Waals surface area contributed by atoms with Gasteiger partial charge in [0.1, 0.15) is 17.8 Å². The predicted molar refractivity (Wildman–Crippen MR) is 195 cm³/mol. The Morgan fingerprint density at radius 1 is 1.12 bits per heavy atom. The van der Waals surface area contributed by atoms with E-state index < -0.39 is 34.0 Å². The van der Waals surface area contributed by atoms with Gasteiger partial charge in [-0.15, -0.1) is 0 Å². The lowest BCUT2D eigenvalue weighted by Gasteiger charge is -2.29. The number of amides is 3. The molecule has 51 heavy (non-hydrogen) atoms. The second-order valence-electron chi connectivity index (χ2n) is 13.0. The van der Waals surface area contributed by atoms with Gasteiger partial charge in [-0.25, -0.2) is 18.1 Å². The SMILES string of the molecule is CCC1=C(N(CCCC(COC)C(=O)N2C(=O)OCC2Cc2ccccc2)S(C)(=O)=O)CCC=c2oc(-c3ccc(C)cc3)c(C(=O)NC)c2=C1. The standard InChI is InChI=1S/C39H47N3O8S/c1-6-28-23-32-34(50-36(35(32)37(43)40-3)29-19-17-26(2)18-20-29)16-10-15-33(28)41(51(5,46)47)21-11-14-30(24-48-4)38(44)42-31(25-49-39(42)45)22-27-12-8-7-9-13-27/h7-9,12-13,16-20,23,30-31H,6,10-11,14-15,21-22,24-25H2,1-5H3,(H,40,43). The van der Waals surface area contributed by atoms with Crippen LogP contribution in [-0.2, 0) is 30.7 Å². The molecule has 1 aliphatic carbocycles. The van der Waals surface area contributed by atoms with Crippen LogP contribution in [0.5, 0.6) is 0 Å². The maximum Gasteiger partial charge on any atom is 0.416 e. The third-order valence-corrected chi connectivity index (χ3v) is 10.6. The van der Waals surface area contributed by atoms with Crippen LogP contribution in [0.2, 0.25) is 0 Å². The highest BCUT2D eigenvalue weighted by atomic mass is 32.2. The Kier molecular flexibility index (Phi) is 12.2. The van der Waals surface area contributed by atoms with Gasteiger partial charge in [0.05, 0.1) is 30.4 Å². The predicted octanol–water partition coefficient (Wildman–Crippen LogP) is 4.53. The molecule has 272 valence electrons. The molecule has 3 aromatic rings. The lowest BCUT2D eigenvalue weighted by molar-refractivity contribution is -0.135. The topological polar surface area (TPSA) is 135 Å². The molecule has 1 aromatic heterocycles. The van der Waals surface area contributed by atoms with E-state index in [-0.39, 0.29) is 32.1 Å². The summed E-state index contributed by atoms with van der Waals surface area (Å²) in [5.41, 5.74) is 5.17. The molecule has 1 saturated heterocycles. The maximum absolute atomic E-state index is 13.8. The summed E-state index contributed by atoms with van der Waals surface area (Å²) in [6.07, 6.45) is 6.75. The molecular weight excluding hydrogens is 671 g/mol. The fraction of sp³-hybridized carbons (Fsp3) is 0.410. The maximum atomic E-state index is 13.8.